The first-order chi connectivity index (χ1) is 5.93. The fourth-order valence-corrected chi connectivity index (χ4v) is 0.958. The summed E-state index contributed by atoms with van der Waals surface area (Å²) in [5, 5.41) is 0. The van der Waals surface area contributed by atoms with Crippen LogP contribution in [0.5, 0.6) is 0 Å². The van der Waals surface area contributed by atoms with E-state index in [-0.39, 0.29) is 0 Å². The Morgan fingerprint density at radius 3 is 2.67 bits per heavy atom. The van der Waals surface area contributed by atoms with Gasteiger partial charge in [-0.2, -0.15) is 0 Å². The van der Waals surface area contributed by atoms with Gasteiger partial charge in [-0.05, 0) is 12.0 Å². The molecule has 12 heavy (non-hydrogen) atoms. The van der Waals surface area contributed by atoms with Gasteiger partial charge in [-0.15, -0.1) is 6.58 Å². The summed E-state index contributed by atoms with van der Waals surface area (Å²) in [6.45, 7) is 5.86. The second kappa shape index (κ2) is 5.56. The second-order valence-electron chi connectivity index (χ2n) is 2.48. The molecule has 0 fully saturated rings. The lowest BCUT2D eigenvalue weighted by Crippen LogP contribution is -1.94. The van der Waals surface area contributed by atoms with Crippen molar-refractivity contribution in [1.29, 1.82) is 0 Å². The maximum atomic E-state index is 5.14. The fourth-order valence-electron chi connectivity index (χ4n) is 0.958. The third-order valence-corrected chi connectivity index (χ3v) is 1.54. The normalized spacial score (nSPS) is 9.67. The van der Waals surface area contributed by atoms with Crippen LogP contribution in [0.4, 0.5) is 0 Å². The van der Waals surface area contributed by atoms with Crippen molar-refractivity contribution in [1.82, 2.24) is 0 Å². The van der Waals surface area contributed by atoms with Crippen molar-refractivity contribution in [3.05, 3.63) is 55.2 Å². The average molecular weight is 161 g/mol. The van der Waals surface area contributed by atoms with Crippen molar-refractivity contribution >= 4 is 0 Å². The predicted molar refractivity (Wildman–Crippen MR) is 50.6 cm³/mol. The van der Waals surface area contributed by atoms with E-state index in [4.69, 9.17) is 4.74 Å². The van der Waals surface area contributed by atoms with E-state index >= 15 is 0 Å². The summed E-state index contributed by atoms with van der Waals surface area (Å²) in [5.74, 6) is 0. The van der Waals surface area contributed by atoms with Crippen LogP contribution < -0.4 is 0 Å². The standard InChI is InChI=1S/C11H13O/c1-2-9-12-10-8-11-6-4-3-5-7-11/h2-7,9H,1,8,10H2. The summed E-state index contributed by atoms with van der Waals surface area (Å²) in [6, 6.07) is 10.3. The molecule has 1 nitrogen and oxygen atoms in total. The van der Waals surface area contributed by atoms with E-state index in [1.165, 1.54) is 5.56 Å². The van der Waals surface area contributed by atoms with Gasteiger partial charge in [-0.1, -0.05) is 36.4 Å². The number of hydrogen-bond donors (Lipinski definition) is 0. The molecule has 63 valence electrons. The predicted octanol–water partition coefficient (Wildman–Crippen LogP) is 2.59. The third kappa shape index (κ3) is 3.35. The number of benzene rings is 1. The Morgan fingerprint density at radius 2 is 2.00 bits per heavy atom. The van der Waals surface area contributed by atoms with Crippen molar-refractivity contribution in [3.8, 4) is 0 Å². The van der Waals surface area contributed by atoms with Gasteiger partial charge in [0.25, 0.3) is 0 Å². The molecule has 1 aromatic rings. The minimum absolute atomic E-state index is 0.718. The molecule has 1 aromatic carbocycles. The van der Waals surface area contributed by atoms with E-state index < -0.39 is 0 Å². The number of ether oxygens (including phenoxy) is 1. The first-order valence-electron chi connectivity index (χ1n) is 4.03. The zero-order valence-corrected chi connectivity index (χ0v) is 7.07. The average Bonchev–Trinajstić information content (AvgIpc) is 2.14. The molecule has 0 unspecified atom stereocenters. The summed E-state index contributed by atoms with van der Waals surface area (Å²) in [7, 11) is 0. The SMILES string of the molecule is C=C[CH]OCCc1ccccc1. The monoisotopic (exact) mass is 161 g/mol. The van der Waals surface area contributed by atoms with Crippen LogP contribution in [0.15, 0.2) is 43.0 Å². The minimum Gasteiger partial charge on any atom is -0.371 e. The van der Waals surface area contributed by atoms with Gasteiger partial charge in [0.1, 0.15) is 6.61 Å². The van der Waals surface area contributed by atoms with Gasteiger partial charge < -0.3 is 4.74 Å². The molecule has 1 rings (SSSR count). The van der Waals surface area contributed by atoms with Crippen LogP contribution in [-0.2, 0) is 11.2 Å². The minimum atomic E-state index is 0.718. The second-order valence-corrected chi connectivity index (χ2v) is 2.48. The number of rotatable bonds is 5. The molecular weight excluding hydrogens is 148 g/mol. The molecule has 0 aliphatic rings. The Kier molecular flexibility index (Phi) is 4.17. The van der Waals surface area contributed by atoms with Crippen molar-refractivity contribution in [2.45, 2.75) is 6.42 Å². The summed E-state index contributed by atoms with van der Waals surface area (Å²) >= 11 is 0. The highest BCUT2D eigenvalue weighted by molar-refractivity contribution is 5.14. The fraction of sp³-hybridized carbons (Fsp3) is 0.182. The zero-order valence-electron chi connectivity index (χ0n) is 7.07. The van der Waals surface area contributed by atoms with Crippen LogP contribution in [-0.4, -0.2) is 6.61 Å². The van der Waals surface area contributed by atoms with Gasteiger partial charge in [0.05, 0.1) is 6.61 Å². The van der Waals surface area contributed by atoms with Crippen LogP contribution in [0, 0.1) is 6.61 Å². The molecule has 1 radical (unpaired) electrons. The molecule has 0 saturated heterocycles. The molecule has 0 spiro atoms. The molecular formula is C11H13O. The third-order valence-electron chi connectivity index (χ3n) is 1.54. The zero-order chi connectivity index (χ0) is 8.65. The molecule has 0 N–H and O–H groups in total. The van der Waals surface area contributed by atoms with Gasteiger partial charge in [-0.25, -0.2) is 0 Å². The Morgan fingerprint density at radius 1 is 1.25 bits per heavy atom. The van der Waals surface area contributed by atoms with Crippen LogP contribution >= 0.6 is 0 Å². The van der Waals surface area contributed by atoms with Gasteiger partial charge in [0.2, 0.25) is 0 Å². The lowest BCUT2D eigenvalue weighted by molar-refractivity contribution is 0.219. The van der Waals surface area contributed by atoms with Crippen molar-refractivity contribution in [2.24, 2.45) is 0 Å². The van der Waals surface area contributed by atoms with E-state index in [1.54, 1.807) is 12.7 Å². The molecule has 0 bridgehead atoms. The number of hydrogen-bond acceptors (Lipinski definition) is 1. The van der Waals surface area contributed by atoms with Crippen molar-refractivity contribution in [3.63, 3.8) is 0 Å². The lowest BCUT2D eigenvalue weighted by atomic mass is 10.2. The maximum Gasteiger partial charge on any atom is 0.105 e. The van der Waals surface area contributed by atoms with Crippen molar-refractivity contribution in [2.75, 3.05) is 6.61 Å². The summed E-state index contributed by atoms with van der Waals surface area (Å²) < 4.78 is 5.14. The summed E-state index contributed by atoms with van der Waals surface area (Å²) in [6.07, 6.45) is 2.59. The van der Waals surface area contributed by atoms with Crippen LogP contribution in [0.3, 0.4) is 0 Å². The lowest BCUT2D eigenvalue weighted by Gasteiger charge is -2.00. The molecule has 0 aliphatic carbocycles. The highest BCUT2D eigenvalue weighted by Gasteiger charge is 1.89. The molecule has 0 amide bonds. The topological polar surface area (TPSA) is 9.23 Å². The molecule has 0 saturated carbocycles. The van der Waals surface area contributed by atoms with E-state index in [2.05, 4.69) is 18.7 Å². The van der Waals surface area contributed by atoms with Gasteiger partial charge in [0.15, 0.2) is 0 Å². The van der Waals surface area contributed by atoms with Crippen LogP contribution in [0.1, 0.15) is 5.56 Å². The maximum absolute atomic E-state index is 5.14. The Labute approximate surface area is 73.7 Å². The van der Waals surface area contributed by atoms with E-state index in [1.807, 2.05) is 18.2 Å². The van der Waals surface area contributed by atoms with Gasteiger partial charge in [0, 0.05) is 0 Å². The Bertz CT molecular complexity index is 216. The van der Waals surface area contributed by atoms with Crippen LogP contribution in [0.2, 0.25) is 0 Å². The largest absolute Gasteiger partial charge is 0.371 e. The van der Waals surface area contributed by atoms with Gasteiger partial charge in [-0.3, -0.25) is 0 Å². The highest BCUT2D eigenvalue weighted by Crippen LogP contribution is 1.99. The Balaban J connectivity index is 2.20. The molecule has 0 aromatic heterocycles. The summed E-state index contributed by atoms with van der Waals surface area (Å²) in [4.78, 5) is 0. The van der Waals surface area contributed by atoms with E-state index in [0.29, 0.717) is 0 Å². The molecule has 0 aliphatic heterocycles. The van der Waals surface area contributed by atoms with Crippen LogP contribution in [0.25, 0.3) is 0 Å². The first kappa shape index (κ1) is 9.01. The van der Waals surface area contributed by atoms with E-state index in [9.17, 15) is 0 Å². The quantitative estimate of drug-likeness (QED) is 0.603. The molecule has 0 atom stereocenters. The smallest absolute Gasteiger partial charge is 0.105 e. The van der Waals surface area contributed by atoms with Gasteiger partial charge >= 0.3 is 0 Å². The first-order valence-corrected chi connectivity index (χ1v) is 4.03. The molecule has 0 heterocycles. The van der Waals surface area contributed by atoms with E-state index in [0.717, 1.165) is 13.0 Å². The highest BCUT2D eigenvalue weighted by atomic mass is 16.5. The summed E-state index contributed by atoms with van der Waals surface area (Å²) in [5.41, 5.74) is 1.30. The Hall–Kier alpha value is -1.08. The molecule has 1 heteroatoms. The van der Waals surface area contributed by atoms with Crippen molar-refractivity contribution < 1.29 is 4.74 Å².